The van der Waals surface area contributed by atoms with Gasteiger partial charge in [-0.15, -0.1) is 0 Å². The van der Waals surface area contributed by atoms with Gasteiger partial charge in [0.1, 0.15) is 10.8 Å². The molecule has 1 aromatic heterocycles. The largest absolute Gasteiger partial charge is 0.340 e. The Hall–Kier alpha value is -0.680. The quantitative estimate of drug-likeness (QED) is 0.771. The van der Waals surface area contributed by atoms with Gasteiger partial charge in [0.05, 0.1) is 20.2 Å². The number of hydrogen-bond acceptors (Lipinski definition) is 1. The summed E-state index contributed by atoms with van der Waals surface area (Å²) in [6.07, 6.45) is 0. The molecule has 2 N–H and O–H groups in total. The van der Waals surface area contributed by atoms with Crippen molar-refractivity contribution < 1.29 is 4.79 Å². The molecule has 0 bridgehead atoms. The van der Waals surface area contributed by atoms with E-state index in [2.05, 4.69) is 26.2 Å². The van der Waals surface area contributed by atoms with Crippen molar-refractivity contribution in [3.05, 3.63) is 49.6 Å². The van der Waals surface area contributed by atoms with Gasteiger partial charge in [0.2, 0.25) is 0 Å². The second-order valence-corrected chi connectivity index (χ2v) is 5.39. The Morgan fingerprint density at radius 1 is 1.22 bits per heavy atom. The Morgan fingerprint density at radius 3 is 2.56 bits per heavy atom. The number of amides is 1. The third-order valence-corrected chi connectivity index (χ3v) is 4.26. The van der Waals surface area contributed by atoms with Crippen LogP contribution in [-0.2, 0) is 0 Å². The number of anilines is 1. The lowest BCUT2D eigenvalue weighted by Gasteiger charge is -2.07. The predicted octanol–water partition coefficient (Wildman–Crippen LogP) is 4.99. The van der Waals surface area contributed by atoms with E-state index < -0.39 is 0 Å². The van der Waals surface area contributed by atoms with Crippen LogP contribution in [0.3, 0.4) is 0 Å². The van der Waals surface area contributed by atoms with Crippen molar-refractivity contribution in [2.24, 2.45) is 0 Å². The molecule has 0 saturated carbocycles. The van der Waals surface area contributed by atoms with E-state index in [0.717, 1.165) is 0 Å². The molecule has 0 radical (unpaired) electrons. The first-order valence-electron chi connectivity index (χ1n) is 4.78. The summed E-state index contributed by atoms with van der Waals surface area (Å²) in [5.41, 5.74) is 0.839. The summed E-state index contributed by atoms with van der Waals surface area (Å²) in [5, 5.41) is 3.73. The van der Waals surface area contributed by atoms with Crippen LogP contribution in [0.2, 0.25) is 15.2 Å². The van der Waals surface area contributed by atoms with Gasteiger partial charge in [-0.05, 0) is 34.1 Å². The number of nitrogens with one attached hydrogen (secondary N) is 2. The van der Waals surface area contributed by atoms with Gasteiger partial charge in [0, 0.05) is 0 Å². The van der Waals surface area contributed by atoms with Gasteiger partial charge in [-0.2, -0.15) is 0 Å². The minimum absolute atomic E-state index is 0.229. The third-order valence-electron chi connectivity index (χ3n) is 2.17. The summed E-state index contributed by atoms with van der Waals surface area (Å²) in [7, 11) is 0. The summed E-state index contributed by atoms with van der Waals surface area (Å²) in [6.45, 7) is 0. The molecule has 18 heavy (non-hydrogen) atoms. The van der Waals surface area contributed by atoms with Gasteiger partial charge in [-0.1, -0.05) is 40.9 Å². The lowest BCUT2D eigenvalue weighted by atomic mass is 10.3. The fourth-order valence-corrected chi connectivity index (χ4v) is 2.17. The van der Waals surface area contributed by atoms with Crippen LogP contribution in [0.4, 0.5) is 5.69 Å². The zero-order valence-corrected chi connectivity index (χ0v) is 12.6. The van der Waals surface area contributed by atoms with E-state index in [4.69, 9.17) is 34.8 Å². The maximum Gasteiger partial charge on any atom is 0.272 e. The van der Waals surface area contributed by atoms with E-state index in [1.54, 1.807) is 18.2 Å². The number of carbonyl (C=O) groups is 1. The van der Waals surface area contributed by atoms with Crippen LogP contribution >= 0.6 is 50.7 Å². The molecule has 0 spiro atoms. The number of H-pyrrole nitrogens is 1. The molecule has 0 atom stereocenters. The molecule has 7 heteroatoms. The Kier molecular flexibility index (Phi) is 4.22. The maximum atomic E-state index is 11.9. The maximum absolute atomic E-state index is 11.9. The van der Waals surface area contributed by atoms with Crippen molar-refractivity contribution in [3.63, 3.8) is 0 Å². The average molecular weight is 368 g/mol. The Bertz CT molecular complexity index is 593. The molecule has 0 aliphatic heterocycles. The summed E-state index contributed by atoms with van der Waals surface area (Å²) in [5.74, 6) is -0.355. The molecule has 0 saturated heterocycles. The van der Waals surface area contributed by atoms with E-state index in [-0.39, 0.29) is 16.8 Å². The van der Waals surface area contributed by atoms with Crippen LogP contribution in [0.1, 0.15) is 10.5 Å². The molecule has 1 aromatic carbocycles. The van der Waals surface area contributed by atoms with Crippen LogP contribution in [-0.4, -0.2) is 10.9 Å². The van der Waals surface area contributed by atoms with Gasteiger partial charge in [-0.25, -0.2) is 0 Å². The SMILES string of the molecule is O=C(Nc1cccc(Cl)c1Br)c1cc(Cl)c(Cl)[nH]1. The summed E-state index contributed by atoms with van der Waals surface area (Å²) in [4.78, 5) is 14.6. The van der Waals surface area contributed by atoms with Gasteiger partial charge in [0.15, 0.2) is 0 Å². The fraction of sp³-hybridized carbons (Fsp3) is 0. The number of halogens is 4. The number of aromatic amines is 1. The molecule has 1 heterocycles. The Morgan fingerprint density at radius 2 is 1.94 bits per heavy atom. The number of carbonyl (C=O) groups excluding carboxylic acids is 1. The standard InChI is InChI=1S/C11H6BrCl3N2O/c12-9-5(13)2-1-3-7(9)17-11(18)8-4-6(14)10(15)16-8/h1-4,16H,(H,17,18). The summed E-state index contributed by atoms with van der Waals surface area (Å²) in [6, 6.07) is 6.62. The second-order valence-electron chi connectivity index (χ2n) is 3.40. The van der Waals surface area contributed by atoms with E-state index >= 15 is 0 Å². The van der Waals surface area contributed by atoms with E-state index in [0.29, 0.717) is 20.2 Å². The Labute approximate surface area is 127 Å². The molecule has 94 valence electrons. The zero-order valence-electron chi connectivity index (χ0n) is 8.73. The summed E-state index contributed by atoms with van der Waals surface area (Å²) >= 11 is 20.7. The van der Waals surface area contributed by atoms with Gasteiger partial charge in [0.25, 0.3) is 5.91 Å². The minimum Gasteiger partial charge on any atom is -0.340 e. The second kappa shape index (κ2) is 5.53. The highest BCUT2D eigenvalue weighted by atomic mass is 79.9. The first-order chi connectivity index (χ1) is 8.49. The van der Waals surface area contributed by atoms with Crippen LogP contribution < -0.4 is 5.32 Å². The molecule has 1 amide bonds. The Balaban J connectivity index is 2.24. The smallest absolute Gasteiger partial charge is 0.272 e. The van der Waals surface area contributed by atoms with Crippen molar-refractivity contribution in [1.29, 1.82) is 0 Å². The molecule has 0 aliphatic rings. The van der Waals surface area contributed by atoms with Crippen LogP contribution in [0.5, 0.6) is 0 Å². The predicted molar refractivity (Wildman–Crippen MR) is 77.9 cm³/mol. The van der Waals surface area contributed by atoms with Crippen molar-refractivity contribution in [2.75, 3.05) is 5.32 Å². The first kappa shape index (κ1) is 13.7. The van der Waals surface area contributed by atoms with Gasteiger partial charge in [-0.3, -0.25) is 4.79 Å². The molecular formula is C11H6BrCl3N2O. The van der Waals surface area contributed by atoms with Crippen molar-refractivity contribution in [2.45, 2.75) is 0 Å². The van der Waals surface area contributed by atoms with Gasteiger partial charge < -0.3 is 10.3 Å². The monoisotopic (exact) mass is 366 g/mol. The molecule has 2 aromatic rings. The summed E-state index contributed by atoms with van der Waals surface area (Å²) < 4.78 is 0.615. The average Bonchev–Trinajstić information content (AvgIpc) is 2.66. The minimum atomic E-state index is -0.355. The lowest BCUT2D eigenvalue weighted by Crippen LogP contribution is -2.12. The van der Waals surface area contributed by atoms with Gasteiger partial charge >= 0.3 is 0 Å². The molecule has 2 rings (SSSR count). The molecule has 3 nitrogen and oxygen atoms in total. The van der Waals surface area contributed by atoms with Crippen LogP contribution in [0.25, 0.3) is 0 Å². The first-order valence-corrected chi connectivity index (χ1v) is 6.71. The molecular weight excluding hydrogens is 362 g/mol. The van der Waals surface area contributed by atoms with Crippen LogP contribution in [0, 0.1) is 0 Å². The highest BCUT2D eigenvalue weighted by molar-refractivity contribution is 9.10. The fourth-order valence-electron chi connectivity index (χ4n) is 1.32. The lowest BCUT2D eigenvalue weighted by molar-refractivity contribution is 0.102. The van der Waals surface area contributed by atoms with E-state index in [1.807, 2.05) is 0 Å². The topological polar surface area (TPSA) is 44.9 Å². The van der Waals surface area contributed by atoms with E-state index in [9.17, 15) is 4.79 Å². The highest BCUT2D eigenvalue weighted by Crippen LogP contribution is 2.30. The third kappa shape index (κ3) is 2.83. The van der Waals surface area contributed by atoms with Crippen molar-refractivity contribution in [3.8, 4) is 0 Å². The normalized spacial score (nSPS) is 10.4. The molecule has 0 aliphatic carbocycles. The zero-order chi connectivity index (χ0) is 13.3. The van der Waals surface area contributed by atoms with E-state index in [1.165, 1.54) is 6.07 Å². The number of rotatable bonds is 2. The van der Waals surface area contributed by atoms with Crippen molar-refractivity contribution in [1.82, 2.24) is 4.98 Å². The molecule has 0 unspecified atom stereocenters. The number of aromatic nitrogens is 1. The van der Waals surface area contributed by atoms with Crippen LogP contribution in [0.15, 0.2) is 28.7 Å². The van der Waals surface area contributed by atoms with Crippen molar-refractivity contribution >= 4 is 62.3 Å². The number of hydrogen-bond donors (Lipinski definition) is 2. The molecule has 0 fully saturated rings. The highest BCUT2D eigenvalue weighted by Gasteiger charge is 2.13. The number of benzene rings is 1.